The number of nitrogens with one attached hydrogen (secondary N) is 3. The average Bonchev–Trinajstić information content (AvgIpc) is 2.52. The van der Waals surface area contributed by atoms with Crippen LogP contribution in [0.1, 0.15) is 71.6 Å². The van der Waals surface area contributed by atoms with Gasteiger partial charge in [0, 0.05) is 18.5 Å². The van der Waals surface area contributed by atoms with Crippen molar-refractivity contribution < 1.29 is 19.5 Å². The highest BCUT2D eigenvalue weighted by Gasteiger charge is 2.51. The quantitative estimate of drug-likeness (QED) is 0.519. The third kappa shape index (κ3) is 4.55. The molecule has 4 saturated carbocycles. The molecule has 4 aliphatic carbocycles. The van der Waals surface area contributed by atoms with Crippen LogP contribution < -0.4 is 16.0 Å². The Morgan fingerprint density at radius 1 is 1.07 bits per heavy atom. The lowest BCUT2D eigenvalue weighted by molar-refractivity contribution is -0.147. The Kier molecular flexibility index (Phi) is 5.68. The topological polar surface area (TPSA) is 108 Å². The predicted octanol–water partition coefficient (Wildman–Crippen LogP) is 2.40. The normalized spacial score (nSPS) is 33.2. The van der Waals surface area contributed by atoms with Crippen LogP contribution >= 0.6 is 0 Å². The van der Waals surface area contributed by atoms with Crippen molar-refractivity contribution in [3.63, 3.8) is 0 Å². The van der Waals surface area contributed by atoms with Gasteiger partial charge in [0.15, 0.2) is 0 Å². The first-order valence-corrected chi connectivity index (χ1v) is 10.3. The van der Waals surface area contributed by atoms with Crippen molar-refractivity contribution in [3.05, 3.63) is 0 Å². The minimum atomic E-state index is -1.26. The van der Waals surface area contributed by atoms with Gasteiger partial charge in [-0.2, -0.15) is 0 Å². The number of aliphatic carboxylic acids is 1. The molecular formula is C20H33N3O4. The van der Waals surface area contributed by atoms with E-state index in [0.29, 0.717) is 12.8 Å². The SMILES string of the molecule is CCCC(C)(NC(=O)CCNC(=O)NC12CC3CC(CC(C3)C1)C2)C(=O)O. The smallest absolute Gasteiger partial charge is 0.329 e. The lowest BCUT2D eigenvalue weighted by Gasteiger charge is -2.56. The number of carbonyl (C=O) groups excluding carboxylic acids is 2. The number of carboxylic acids is 1. The van der Waals surface area contributed by atoms with Gasteiger partial charge in [-0.15, -0.1) is 0 Å². The maximum atomic E-state index is 12.4. The lowest BCUT2D eigenvalue weighted by Crippen LogP contribution is -2.61. The molecule has 152 valence electrons. The molecule has 0 saturated heterocycles. The maximum absolute atomic E-state index is 12.4. The number of urea groups is 1. The first-order chi connectivity index (χ1) is 12.7. The molecule has 1 atom stereocenters. The molecule has 4 fully saturated rings. The lowest BCUT2D eigenvalue weighted by atomic mass is 9.53. The Morgan fingerprint density at radius 3 is 2.11 bits per heavy atom. The average molecular weight is 380 g/mol. The van der Waals surface area contributed by atoms with Crippen LogP contribution in [0.4, 0.5) is 4.79 Å². The Hall–Kier alpha value is -1.79. The highest BCUT2D eigenvalue weighted by molar-refractivity contribution is 5.87. The number of hydrogen-bond donors (Lipinski definition) is 4. The Labute approximate surface area is 161 Å². The third-order valence-corrected chi connectivity index (χ3v) is 6.69. The zero-order chi connectivity index (χ0) is 19.7. The minimum Gasteiger partial charge on any atom is -0.480 e. The van der Waals surface area contributed by atoms with E-state index >= 15 is 0 Å². The zero-order valence-corrected chi connectivity index (χ0v) is 16.5. The fourth-order valence-corrected chi connectivity index (χ4v) is 5.93. The van der Waals surface area contributed by atoms with E-state index in [1.807, 2.05) is 6.92 Å². The summed E-state index contributed by atoms with van der Waals surface area (Å²) < 4.78 is 0. The van der Waals surface area contributed by atoms with E-state index in [9.17, 15) is 19.5 Å². The molecule has 4 bridgehead atoms. The summed E-state index contributed by atoms with van der Waals surface area (Å²) in [5.74, 6) is 0.882. The first-order valence-electron chi connectivity index (χ1n) is 10.3. The van der Waals surface area contributed by atoms with E-state index in [0.717, 1.165) is 37.0 Å². The second-order valence-electron chi connectivity index (χ2n) is 9.26. The molecule has 7 heteroatoms. The first kappa shape index (κ1) is 20.0. The van der Waals surface area contributed by atoms with Crippen LogP contribution in [0.25, 0.3) is 0 Å². The van der Waals surface area contributed by atoms with E-state index < -0.39 is 11.5 Å². The molecule has 3 amide bonds. The third-order valence-electron chi connectivity index (χ3n) is 6.69. The van der Waals surface area contributed by atoms with Gasteiger partial charge in [0.25, 0.3) is 0 Å². The highest BCUT2D eigenvalue weighted by Crippen LogP contribution is 2.55. The molecule has 1 unspecified atom stereocenters. The van der Waals surface area contributed by atoms with E-state index in [4.69, 9.17) is 0 Å². The van der Waals surface area contributed by atoms with Crippen LogP contribution in [0.3, 0.4) is 0 Å². The Morgan fingerprint density at radius 2 is 1.63 bits per heavy atom. The van der Waals surface area contributed by atoms with Gasteiger partial charge in [-0.05, 0) is 69.6 Å². The van der Waals surface area contributed by atoms with Crippen LogP contribution in [-0.4, -0.2) is 40.6 Å². The standard InChI is InChI=1S/C20H33N3O4/c1-3-5-19(2,17(25)26)22-16(24)4-6-21-18(27)23-20-10-13-7-14(11-20)9-15(8-13)12-20/h13-15H,3-12H2,1-2H3,(H,22,24)(H,25,26)(H2,21,23,27). The van der Waals surface area contributed by atoms with Crippen molar-refractivity contribution in [1.82, 2.24) is 16.0 Å². The van der Waals surface area contributed by atoms with Crippen LogP contribution in [0.15, 0.2) is 0 Å². The number of carboxylic acid groups (broad SMARTS) is 1. The maximum Gasteiger partial charge on any atom is 0.329 e. The molecule has 0 aliphatic heterocycles. The van der Waals surface area contributed by atoms with Crippen LogP contribution in [0.5, 0.6) is 0 Å². The predicted molar refractivity (Wildman–Crippen MR) is 101 cm³/mol. The van der Waals surface area contributed by atoms with Gasteiger partial charge in [0.2, 0.25) is 5.91 Å². The van der Waals surface area contributed by atoms with Crippen LogP contribution in [0, 0.1) is 17.8 Å². The summed E-state index contributed by atoms with van der Waals surface area (Å²) >= 11 is 0. The Bertz CT molecular complexity index is 571. The number of rotatable bonds is 8. The van der Waals surface area contributed by atoms with Gasteiger partial charge in [0.05, 0.1) is 0 Å². The summed E-state index contributed by atoms with van der Waals surface area (Å²) in [4.78, 5) is 35.8. The summed E-state index contributed by atoms with van der Waals surface area (Å²) in [6, 6.07) is -0.209. The van der Waals surface area contributed by atoms with E-state index in [1.165, 1.54) is 26.2 Å². The van der Waals surface area contributed by atoms with Crippen LogP contribution in [0.2, 0.25) is 0 Å². The van der Waals surface area contributed by atoms with Crippen molar-refractivity contribution in [2.45, 2.75) is 82.7 Å². The molecule has 0 aromatic carbocycles. The summed E-state index contributed by atoms with van der Waals surface area (Å²) in [7, 11) is 0. The summed E-state index contributed by atoms with van der Waals surface area (Å²) in [5.41, 5.74) is -1.31. The summed E-state index contributed by atoms with van der Waals surface area (Å²) in [6.45, 7) is 3.60. The molecular weight excluding hydrogens is 346 g/mol. The fraction of sp³-hybridized carbons (Fsp3) is 0.850. The van der Waals surface area contributed by atoms with E-state index in [-0.39, 0.29) is 30.4 Å². The van der Waals surface area contributed by atoms with Crippen molar-refractivity contribution in [2.75, 3.05) is 6.54 Å². The molecule has 4 N–H and O–H groups in total. The fourth-order valence-electron chi connectivity index (χ4n) is 5.93. The molecule has 0 aromatic rings. The summed E-state index contributed by atoms with van der Waals surface area (Å²) in [5, 5.41) is 17.9. The number of amides is 3. The van der Waals surface area contributed by atoms with Crippen molar-refractivity contribution in [1.29, 1.82) is 0 Å². The molecule has 4 rings (SSSR count). The minimum absolute atomic E-state index is 0.0515. The van der Waals surface area contributed by atoms with Gasteiger partial charge in [0.1, 0.15) is 5.54 Å². The Balaban J connectivity index is 1.42. The largest absolute Gasteiger partial charge is 0.480 e. The molecule has 0 aromatic heterocycles. The van der Waals surface area contributed by atoms with Gasteiger partial charge in [-0.25, -0.2) is 9.59 Å². The monoisotopic (exact) mass is 379 g/mol. The molecule has 7 nitrogen and oxygen atoms in total. The second kappa shape index (κ2) is 7.68. The molecule has 0 heterocycles. The summed E-state index contributed by atoms with van der Waals surface area (Å²) in [6.07, 6.45) is 8.32. The molecule has 27 heavy (non-hydrogen) atoms. The van der Waals surface area contributed by atoms with E-state index in [2.05, 4.69) is 16.0 Å². The molecule has 0 spiro atoms. The zero-order valence-electron chi connectivity index (χ0n) is 16.5. The van der Waals surface area contributed by atoms with Gasteiger partial charge < -0.3 is 21.1 Å². The second-order valence-corrected chi connectivity index (χ2v) is 9.26. The van der Waals surface area contributed by atoms with E-state index in [1.54, 1.807) is 0 Å². The van der Waals surface area contributed by atoms with Crippen molar-refractivity contribution in [2.24, 2.45) is 17.8 Å². The number of hydrogen-bond acceptors (Lipinski definition) is 3. The molecule has 0 radical (unpaired) electrons. The van der Waals surface area contributed by atoms with Crippen LogP contribution in [-0.2, 0) is 9.59 Å². The molecule has 4 aliphatic rings. The van der Waals surface area contributed by atoms with Gasteiger partial charge in [-0.1, -0.05) is 13.3 Å². The van der Waals surface area contributed by atoms with Crippen molar-refractivity contribution in [3.8, 4) is 0 Å². The van der Waals surface area contributed by atoms with Gasteiger partial charge in [-0.3, -0.25) is 4.79 Å². The van der Waals surface area contributed by atoms with Gasteiger partial charge >= 0.3 is 12.0 Å². The highest BCUT2D eigenvalue weighted by atomic mass is 16.4. The van der Waals surface area contributed by atoms with Crippen molar-refractivity contribution >= 4 is 17.9 Å². The number of carbonyl (C=O) groups is 3.